The topological polar surface area (TPSA) is 93.2 Å². The highest BCUT2D eigenvalue weighted by molar-refractivity contribution is 7.22. The second kappa shape index (κ2) is 8.03. The van der Waals surface area contributed by atoms with E-state index in [9.17, 15) is 22.8 Å². The third-order valence-electron chi connectivity index (χ3n) is 3.82. The van der Waals surface area contributed by atoms with Crippen LogP contribution in [0.3, 0.4) is 0 Å². The summed E-state index contributed by atoms with van der Waals surface area (Å²) in [6, 6.07) is 9.33. The third-order valence-corrected chi connectivity index (χ3v) is 4.77. The molecule has 0 aliphatic rings. The van der Waals surface area contributed by atoms with Gasteiger partial charge in [-0.1, -0.05) is 23.5 Å². The highest BCUT2D eigenvalue weighted by atomic mass is 32.1. The van der Waals surface area contributed by atoms with Crippen LogP contribution in [-0.4, -0.2) is 40.3 Å². The minimum atomic E-state index is -5.24. The number of pyridine rings is 1. The summed E-state index contributed by atoms with van der Waals surface area (Å²) >= 11 is 0.905. The second-order valence-corrected chi connectivity index (χ2v) is 6.81. The van der Waals surface area contributed by atoms with Crippen LogP contribution in [0.25, 0.3) is 10.2 Å². The number of alkyl halides is 3. The van der Waals surface area contributed by atoms with Crippen LogP contribution >= 0.6 is 11.3 Å². The number of anilines is 1. The maximum Gasteiger partial charge on any atom is 0.442 e. The van der Waals surface area contributed by atoms with Gasteiger partial charge in [0.15, 0.2) is 5.13 Å². The molecule has 2 N–H and O–H groups in total. The van der Waals surface area contributed by atoms with Crippen LogP contribution in [0.15, 0.2) is 48.8 Å². The van der Waals surface area contributed by atoms with Gasteiger partial charge in [-0.25, -0.2) is 9.78 Å². The molecule has 1 atom stereocenters. The Hall–Kier alpha value is -3.21. The number of benzene rings is 1. The Bertz CT molecular complexity index is 993. The summed E-state index contributed by atoms with van der Waals surface area (Å²) in [4.78, 5) is 32.7. The van der Waals surface area contributed by atoms with Crippen LogP contribution in [0.2, 0.25) is 0 Å². The van der Waals surface area contributed by atoms with Crippen LogP contribution in [0.4, 0.5) is 18.3 Å². The van der Waals surface area contributed by atoms with Crippen molar-refractivity contribution in [2.75, 3.05) is 11.9 Å². The Kier molecular flexibility index (Phi) is 5.69. The van der Waals surface area contributed by atoms with Gasteiger partial charge in [-0.3, -0.25) is 9.78 Å². The molecular weight excluding hydrogens is 409 g/mol. The van der Waals surface area contributed by atoms with Gasteiger partial charge >= 0.3 is 17.8 Å². The van der Waals surface area contributed by atoms with Crippen molar-refractivity contribution in [1.29, 1.82) is 0 Å². The number of para-hydroxylation sites is 1. The van der Waals surface area contributed by atoms with Crippen LogP contribution < -0.4 is 10.6 Å². The number of esters is 1. The lowest BCUT2D eigenvalue weighted by Gasteiger charge is -2.34. The van der Waals surface area contributed by atoms with Gasteiger partial charge in [0.2, 0.25) is 0 Å². The summed E-state index contributed by atoms with van der Waals surface area (Å²) in [5.41, 5.74) is -3.25. The lowest BCUT2D eigenvalue weighted by molar-refractivity contribution is -0.204. The molecule has 29 heavy (non-hydrogen) atoms. The van der Waals surface area contributed by atoms with Gasteiger partial charge in [-0.05, 0) is 31.2 Å². The molecule has 3 rings (SSSR count). The second-order valence-electron chi connectivity index (χ2n) is 5.78. The first-order valence-electron chi connectivity index (χ1n) is 8.37. The highest BCUT2D eigenvalue weighted by Crippen LogP contribution is 2.36. The zero-order valence-corrected chi connectivity index (χ0v) is 15.8. The van der Waals surface area contributed by atoms with E-state index >= 15 is 0 Å². The largest absolute Gasteiger partial charge is 0.463 e. The first kappa shape index (κ1) is 20.5. The normalized spacial score (nSPS) is 13.5. The zero-order chi connectivity index (χ0) is 21.1. The number of ether oxygens (including phenoxy) is 1. The quantitative estimate of drug-likeness (QED) is 0.466. The van der Waals surface area contributed by atoms with Gasteiger partial charge in [0.1, 0.15) is 0 Å². The van der Waals surface area contributed by atoms with Crippen molar-refractivity contribution >= 4 is 38.6 Å². The van der Waals surface area contributed by atoms with E-state index in [-0.39, 0.29) is 17.3 Å². The van der Waals surface area contributed by atoms with Gasteiger partial charge in [-0.15, -0.1) is 0 Å². The molecule has 2 aromatic heterocycles. The molecular formula is C18H15F3N4O3S. The molecule has 1 aromatic carbocycles. The lowest BCUT2D eigenvalue weighted by Crippen LogP contribution is -2.69. The van der Waals surface area contributed by atoms with Gasteiger partial charge < -0.3 is 15.4 Å². The Morgan fingerprint density at radius 2 is 1.93 bits per heavy atom. The molecule has 0 aliphatic heterocycles. The van der Waals surface area contributed by atoms with E-state index in [1.54, 1.807) is 29.6 Å². The van der Waals surface area contributed by atoms with Crippen molar-refractivity contribution in [3.63, 3.8) is 0 Å². The summed E-state index contributed by atoms with van der Waals surface area (Å²) in [6.45, 7) is 1.04. The Morgan fingerprint density at radius 1 is 1.17 bits per heavy atom. The molecule has 1 amide bonds. The van der Waals surface area contributed by atoms with Crippen molar-refractivity contribution in [2.24, 2.45) is 0 Å². The van der Waals surface area contributed by atoms with Crippen molar-refractivity contribution < 1.29 is 27.5 Å². The van der Waals surface area contributed by atoms with Gasteiger partial charge in [-0.2, -0.15) is 13.2 Å². The smallest absolute Gasteiger partial charge is 0.442 e. The standard InChI is InChI=1S/C18H15F3N4O3S/c1-2-28-15(27)17(18(19,20)21,24-14(26)11-6-5-9-22-10-11)25-16-23-12-7-3-4-8-13(12)29-16/h3-10H,2H2,1H3,(H,23,25)(H,24,26)/t17-/m0/s1. The molecule has 2 heterocycles. The number of aromatic nitrogens is 2. The Morgan fingerprint density at radius 3 is 2.55 bits per heavy atom. The number of halogens is 3. The Balaban J connectivity index is 2.05. The molecule has 0 aliphatic carbocycles. The summed E-state index contributed by atoms with van der Waals surface area (Å²) in [5, 5.41) is 3.60. The Labute approximate surface area is 166 Å². The van der Waals surface area contributed by atoms with Crippen LogP contribution in [0, 0.1) is 0 Å². The van der Waals surface area contributed by atoms with Crippen LogP contribution in [0.5, 0.6) is 0 Å². The van der Waals surface area contributed by atoms with Crippen molar-refractivity contribution in [3.8, 4) is 0 Å². The number of thiazole rings is 1. The van der Waals surface area contributed by atoms with Crippen LogP contribution in [0.1, 0.15) is 17.3 Å². The number of rotatable bonds is 6. The van der Waals surface area contributed by atoms with E-state index in [0.717, 1.165) is 17.5 Å². The van der Waals surface area contributed by atoms with Crippen molar-refractivity contribution in [1.82, 2.24) is 15.3 Å². The molecule has 0 radical (unpaired) electrons. The van der Waals surface area contributed by atoms with E-state index in [2.05, 4.69) is 20.0 Å². The minimum absolute atomic E-state index is 0.156. The third kappa shape index (κ3) is 4.14. The number of amides is 1. The van der Waals surface area contributed by atoms with Crippen molar-refractivity contribution in [2.45, 2.75) is 18.8 Å². The lowest BCUT2D eigenvalue weighted by atomic mass is 10.1. The van der Waals surface area contributed by atoms with Crippen LogP contribution in [-0.2, 0) is 9.53 Å². The fourth-order valence-corrected chi connectivity index (χ4v) is 3.38. The monoisotopic (exact) mass is 424 g/mol. The number of carbonyl (C=O) groups excluding carboxylic acids is 2. The first-order chi connectivity index (χ1) is 13.8. The average Bonchev–Trinajstić information content (AvgIpc) is 3.09. The molecule has 152 valence electrons. The fourth-order valence-electron chi connectivity index (χ4n) is 2.46. The van der Waals surface area contributed by atoms with E-state index in [4.69, 9.17) is 0 Å². The molecule has 7 nitrogen and oxygen atoms in total. The molecule has 0 spiro atoms. The number of nitrogens with one attached hydrogen (secondary N) is 2. The van der Waals surface area contributed by atoms with E-state index in [1.165, 1.54) is 25.3 Å². The minimum Gasteiger partial charge on any atom is -0.463 e. The van der Waals surface area contributed by atoms with E-state index in [0.29, 0.717) is 10.2 Å². The number of fused-ring (bicyclic) bond motifs is 1. The first-order valence-corrected chi connectivity index (χ1v) is 9.18. The number of hydrogen-bond acceptors (Lipinski definition) is 7. The van der Waals surface area contributed by atoms with Gasteiger partial charge in [0, 0.05) is 12.4 Å². The van der Waals surface area contributed by atoms with Gasteiger partial charge in [0.25, 0.3) is 5.91 Å². The SMILES string of the molecule is CCOC(=O)[C@](NC(=O)c1cccnc1)(Nc1nc2ccccc2s1)C(F)(F)F. The van der Waals surface area contributed by atoms with E-state index in [1.807, 2.05) is 0 Å². The number of nitrogens with zero attached hydrogens (tertiary/aromatic N) is 2. The summed E-state index contributed by atoms with van der Waals surface area (Å²) in [5.74, 6) is -2.86. The summed E-state index contributed by atoms with van der Waals surface area (Å²) in [6.07, 6.45) is -2.80. The molecule has 0 saturated carbocycles. The summed E-state index contributed by atoms with van der Waals surface area (Å²) in [7, 11) is 0. The highest BCUT2D eigenvalue weighted by Gasteiger charge is 2.64. The maximum absolute atomic E-state index is 14.1. The molecule has 0 fully saturated rings. The van der Waals surface area contributed by atoms with Gasteiger partial charge in [0.05, 0.1) is 22.4 Å². The number of hydrogen-bond donors (Lipinski definition) is 2. The maximum atomic E-state index is 14.1. The average molecular weight is 424 g/mol. The zero-order valence-electron chi connectivity index (χ0n) is 15.0. The molecule has 0 saturated heterocycles. The number of carbonyl (C=O) groups is 2. The predicted octanol–water partition coefficient (Wildman–Crippen LogP) is 3.35. The molecule has 11 heteroatoms. The molecule has 3 aromatic rings. The van der Waals surface area contributed by atoms with E-state index < -0.39 is 23.7 Å². The molecule has 0 unspecified atom stereocenters. The molecule has 0 bridgehead atoms. The van der Waals surface area contributed by atoms with Crippen molar-refractivity contribution in [3.05, 3.63) is 54.4 Å². The summed E-state index contributed by atoms with van der Waals surface area (Å²) < 4.78 is 47.7. The fraction of sp³-hybridized carbons (Fsp3) is 0.222. The predicted molar refractivity (Wildman–Crippen MR) is 100 cm³/mol.